The van der Waals surface area contributed by atoms with Gasteiger partial charge in [-0.1, -0.05) is 0 Å². The average molecular weight is 317 g/mol. The Bertz CT molecular complexity index is 581. The molecule has 0 aliphatic carbocycles. The first kappa shape index (κ1) is 12.7. The van der Waals surface area contributed by atoms with Gasteiger partial charge in [-0.25, -0.2) is 13.8 Å². The van der Waals surface area contributed by atoms with Gasteiger partial charge in [0, 0.05) is 6.07 Å². The molecule has 0 saturated heterocycles. The van der Waals surface area contributed by atoms with E-state index in [4.69, 9.17) is 9.47 Å². The largest absolute Gasteiger partial charge is 0.480 e. The first-order chi connectivity index (χ1) is 8.60. The number of hydrogen-bond acceptors (Lipinski definition) is 4. The summed E-state index contributed by atoms with van der Waals surface area (Å²) in [5.74, 6) is -1.43. The van der Waals surface area contributed by atoms with Crippen LogP contribution in [-0.2, 0) is 0 Å². The van der Waals surface area contributed by atoms with Gasteiger partial charge in [-0.2, -0.15) is 4.98 Å². The molecule has 0 unspecified atom stereocenters. The molecule has 4 nitrogen and oxygen atoms in total. The molecule has 1 aromatic heterocycles. The molecular formula is C11H7BrF2N2O2. The lowest BCUT2D eigenvalue weighted by molar-refractivity contribution is 0.366. The molecule has 2 rings (SSSR count). The summed E-state index contributed by atoms with van der Waals surface area (Å²) in [5, 5.41) is 0. The highest BCUT2D eigenvalue weighted by molar-refractivity contribution is 9.10. The molecule has 0 radical (unpaired) electrons. The van der Waals surface area contributed by atoms with Crippen LogP contribution >= 0.6 is 15.9 Å². The van der Waals surface area contributed by atoms with Crippen LogP contribution < -0.4 is 9.47 Å². The molecule has 0 spiro atoms. The quantitative estimate of drug-likeness (QED) is 0.871. The van der Waals surface area contributed by atoms with Crippen molar-refractivity contribution in [2.24, 2.45) is 0 Å². The van der Waals surface area contributed by atoms with E-state index in [1.165, 1.54) is 13.3 Å². The lowest BCUT2D eigenvalue weighted by Gasteiger charge is -2.06. The Morgan fingerprint density at radius 1 is 1.28 bits per heavy atom. The zero-order chi connectivity index (χ0) is 13.1. The first-order valence-electron chi connectivity index (χ1n) is 4.79. The Morgan fingerprint density at radius 2 is 2.06 bits per heavy atom. The second-order valence-electron chi connectivity index (χ2n) is 3.19. The molecule has 1 heterocycles. The Labute approximate surface area is 110 Å². The van der Waals surface area contributed by atoms with Gasteiger partial charge in [0.25, 0.3) is 0 Å². The van der Waals surface area contributed by atoms with Crippen molar-refractivity contribution in [3.05, 3.63) is 40.5 Å². The van der Waals surface area contributed by atoms with Gasteiger partial charge in [0.2, 0.25) is 5.88 Å². The number of rotatable bonds is 3. The maximum atomic E-state index is 13.3. The number of ether oxygens (including phenoxy) is 2. The van der Waals surface area contributed by atoms with Crippen LogP contribution in [0.25, 0.3) is 0 Å². The third kappa shape index (κ3) is 2.73. The van der Waals surface area contributed by atoms with E-state index in [0.29, 0.717) is 10.5 Å². The molecule has 0 aliphatic rings. The smallest absolute Gasteiger partial charge is 0.325 e. The minimum absolute atomic E-state index is 0.0967. The normalized spacial score (nSPS) is 10.2. The van der Waals surface area contributed by atoms with Crippen LogP contribution in [0, 0.1) is 11.6 Å². The van der Waals surface area contributed by atoms with Crippen molar-refractivity contribution >= 4 is 15.9 Å². The highest BCUT2D eigenvalue weighted by Crippen LogP contribution is 2.26. The number of benzene rings is 1. The molecular weight excluding hydrogens is 310 g/mol. The van der Waals surface area contributed by atoms with Gasteiger partial charge < -0.3 is 9.47 Å². The molecule has 0 N–H and O–H groups in total. The fraction of sp³-hybridized carbons (Fsp3) is 0.0909. The van der Waals surface area contributed by atoms with E-state index in [-0.39, 0.29) is 17.6 Å². The van der Waals surface area contributed by atoms with Crippen molar-refractivity contribution in [3.63, 3.8) is 0 Å². The van der Waals surface area contributed by atoms with Gasteiger partial charge in [-0.15, -0.1) is 0 Å². The molecule has 0 fully saturated rings. The van der Waals surface area contributed by atoms with E-state index >= 15 is 0 Å². The molecule has 0 bridgehead atoms. The lowest BCUT2D eigenvalue weighted by atomic mass is 10.3. The van der Waals surface area contributed by atoms with E-state index < -0.39 is 11.6 Å². The standard InChI is InChI=1S/C11H7BrF2N2O2/c1-17-10-7(12)5-15-11(16-10)18-9-3-2-6(13)4-8(9)14/h2-5H,1H3. The first-order valence-corrected chi connectivity index (χ1v) is 5.59. The number of aromatic nitrogens is 2. The zero-order valence-electron chi connectivity index (χ0n) is 9.15. The molecule has 0 aliphatic heterocycles. The third-order valence-corrected chi connectivity index (χ3v) is 2.52. The van der Waals surface area contributed by atoms with Gasteiger partial charge in [0.05, 0.1) is 17.8 Å². The summed E-state index contributed by atoms with van der Waals surface area (Å²) in [4.78, 5) is 7.71. The fourth-order valence-corrected chi connectivity index (χ4v) is 1.54. The highest BCUT2D eigenvalue weighted by atomic mass is 79.9. The molecule has 7 heteroatoms. The second kappa shape index (κ2) is 5.26. The van der Waals surface area contributed by atoms with E-state index in [2.05, 4.69) is 25.9 Å². The van der Waals surface area contributed by atoms with Crippen molar-refractivity contribution in [1.29, 1.82) is 0 Å². The fourth-order valence-electron chi connectivity index (χ4n) is 1.18. The number of nitrogens with zero attached hydrogens (tertiary/aromatic N) is 2. The van der Waals surface area contributed by atoms with E-state index in [1.807, 2.05) is 0 Å². The van der Waals surface area contributed by atoms with Crippen LogP contribution in [0.1, 0.15) is 0 Å². The maximum absolute atomic E-state index is 13.3. The van der Waals surface area contributed by atoms with Crippen LogP contribution in [-0.4, -0.2) is 17.1 Å². The summed E-state index contributed by atoms with van der Waals surface area (Å²) < 4.78 is 36.6. The summed E-state index contributed by atoms with van der Waals surface area (Å²) in [6.07, 6.45) is 1.41. The van der Waals surface area contributed by atoms with E-state index in [0.717, 1.165) is 12.1 Å². The molecule has 0 atom stereocenters. The van der Waals surface area contributed by atoms with E-state index in [1.54, 1.807) is 0 Å². The Kier molecular flexibility index (Phi) is 3.71. The monoisotopic (exact) mass is 316 g/mol. The molecule has 2 aromatic rings. The molecule has 1 aromatic carbocycles. The molecule has 0 saturated carbocycles. The minimum atomic E-state index is -0.833. The molecule has 0 amide bonds. The Hall–Kier alpha value is -1.76. The van der Waals surface area contributed by atoms with E-state index in [9.17, 15) is 8.78 Å². The summed E-state index contributed by atoms with van der Waals surface area (Å²) in [6.45, 7) is 0. The number of methoxy groups -OCH3 is 1. The van der Waals surface area contributed by atoms with Gasteiger partial charge in [0.15, 0.2) is 11.6 Å². The summed E-state index contributed by atoms with van der Waals surface area (Å²) in [5.41, 5.74) is 0. The summed E-state index contributed by atoms with van der Waals surface area (Å²) in [7, 11) is 1.43. The lowest BCUT2D eigenvalue weighted by Crippen LogP contribution is -1.97. The minimum Gasteiger partial charge on any atom is -0.480 e. The van der Waals surface area contributed by atoms with Crippen molar-refractivity contribution in [3.8, 4) is 17.6 Å². The summed E-state index contributed by atoms with van der Waals surface area (Å²) in [6, 6.07) is 2.85. The van der Waals surface area contributed by atoms with Crippen LogP contribution in [0.15, 0.2) is 28.9 Å². The SMILES string of the molecule is COc1nc(Oc2ccc(F)cc2F)ncc1Br. The van der Waals surface area contributed by atoms with Crippen molar-refractivity contribution in [2.75, 3.05) is 7.11 Å². The molecule has 94 valence electrons. The number of hydrogen-bond donors (Lipinski definition) is 0. The Morgan fingerprint density at radius 3 is 2.72 bits per heavy atom. The van der Waals surface area contributed by atoms with Crippen molar-refractivity contribution < 1.29 is 18.3 Å². The highest BCUT2D eigenvalue weighted by Gasteiger charge is 2.10. The topological polar surface area (TPSA) is 44.2 Å². The summed E-state index contributed by atoms with van der Waals surface area (Å²) >= 11 is 3.17. The van der Waals surface area contributed by atoms with Crippen LogP contribution in [0.2, 0.25) is 0 Å². The van der Waals surface area contributed by atoms with Crippen LogP contribution in [0.3, 0.4) is 0 Å². The van der Waals surface area contributed by atoms with Crippen LogP contribution in [0.4, 0.5) is 8.78 Å². The predicted octanol–water partition coefficient (Wildman–Crippen LogP) is 3.32. The van der Waals surface area contributed by atoms with Crippen LogP contribution in [0.5, 0.6) is 17.6 Å². The van der Waals surface area contributed by atoms with Gasteiger partial charge in [-0.05, 0) is 28.1 Å². The van der Waals surface area contributed by atoms with Gasteiger partial charge in [-0.3, -0.25) is 0 Å². The van der Waals surface area contributed by atoms with Gasteiger partial charge >= 0.3 is 6.01 Å². The molecule has 18 heavy (non-hydrogen) atoms. The van der Waals surface area contributed by atoms with Crippen molar-refractivity contribution in [2.45, 2.75) is 0 Å². The Balaban J connectivity index is 2.28. The zero-order valence-corrected chi connectivity index (χ0v) is 10.7. The predicted molar refractivity (Wildman–Crippen MR) is 62.7 cm³/mol. The average Bonchev–Trinajstić information content (AvgIpc) is 2.35. The van der Waals surface area contributed by atoms with Gasteiger partial charge in [0.1, 0.15) is 5.82 Å². The number of halogens is 3. The van der Waals surface area contributed by atoms with Crippen molar-refractivity contribution in [1.82, 2.24) is 9.97 Å². The maximum Gasteiger partial charge on any atom is 0.325 e. The third-order valence-electron chi connectivity index (χ3n) is 1.98. The second-order valence-corrected chi connectivity index (χ2v) is 4.04.